The normalized spacial score (nSPS) is 38.3. The molecule has 18 nitrogen and oxygen atoms in total. The van der Waals surface area contributed by atoms with Crippen LogP contribution in [0.4, 0.5) is 20.4 Å². The van der Waals surface area contributed by atoms with Crippen molar-refractivity contribution in [3.05, 3.63) is 25.3 Å². The Balaban J connectivity index is 1.20. The number of hydrogen-bond donors (Lipinski definition) is 4. The van der Waals surface area contributed by atoms with Crippen LogP contribution >= 0.6 is 38.1 Å². The molecule has 2 bridgehead atoms. The molecule has 0 amide bonds. The highest BCUT2D eigenvalue weighted by Crippen LogP contribution is 2.60. The molecule has 0 aromatic carbocycles. The summed E-state index contributed by atoms with van der Waals surface area (Å²) in [6.45, 7) is -10.2. The molecule has 4 aromatic heterocycles. The number of thiol groups is 2. The summed E-state index contributed by atoms with van der Waals surface area (Å²) in [7, 11) is 0. The van der Waals surface area contributed by atoms with E-state index in [0.717, 1.165) is 6.33 Å². The molecule has 44 heavy (non-hydrogen) atoms. The molecular weight excluding hydrogens is 672 g/mol. The van der Waals surface area contributed by atoms with Crippen LogP contribution in [0.5, 0.6) is 0 Å². The average molecular weight is 695 g/mol. The molecule has 24 heteroatoms. The summed E-state index contributed by atoms with van der Waals surface area (Å²) >= 11 is 7.99. The first-order valence-electron chi connectivity index (χ1n) is 12.7. The number of halogens is 2. The van der Waals surface area contributed by atoms with Crippen LogP contribution in [0, 0.1) is 0 Å². The third-order valence-electron chi connectivity index (χ3n) is 7.17. The maximum absolute atomic E-state index is 16.0. The molecule has 0 aliphatic carbocycles. The minimum Gasteiger partial charge on any atom is -0.382 e. The Morgan fingerprint density at radius 3 is 1.82 bits per heavy atom. The maximum Gasteiger partial charge on any atom is 0.386 e. The van der Waals surface area contributed by atoms with Crippen LogP contribution in [0.1, 0.15) is 12.5 Å². The van der Waals surface area contributed by atoms with Crippen molar-refractivity contribution < 1.29 is 45.5 Å². The molecule has 1 unspecified atom stereocenters. The van der Waals surface area contributed by atoms with Gasteiger partial charge in [0.25, 0.3) is 0 Å². The van der Waals surface area contributed by atoms with Gasteiger partial charge < -0.3 is 20.9 Å². The SMILES string of the molecule is Nc1ncnc2c1ncn2[C@@H]1OC2CO[P@](=O)(S)O[C@@H]3[C@H](F)[C@@H](CO[P@](=O)(S)O[C@H]2[C@H]1F)O[C@H]3n1cnc2c(N)ncnc21. The third kappa shape index (κ3) is 5.25. The topological polar surface area (TPSA) is 229 Å². The van der Waals surface area contributed by atoms with Crippen LogP contribution in [0.2, 0.25) is 0 Å². The van der Waals surface area contributed by atoms with E-state index in [9.17, 15) is 9.13 Å². The molecule has 0 radical (unpaired) electrons. The molecule has 3 aliphatic rings. The molecule has 4 aromatic rings. The van der Waals surface area contributed by atoms with Crippen LogP contribution in [-0.2, 0) is 36.7 Å². The highest BCUT2D eigenvalue weighted by atomic mass is 32.7. The number of fused-ring (bicyclic) bond motifs is 5. The van der Waals surface area contributed by atoms with E-state index in [0.29, 0.717) is 0 Å². The largest absolute Gasteiger partial charge is 0.386 e. The van der Waals surface area contributed by atoms with Gasteiger partial charge in [0, 0.05) is 0 Å². The van der Waals surface area contributed by atoms with E-state index in [1.807, 2.05) is 0 Å². The minimum atomic E-state index is -4.43. The van der Waals surface area contributed by atoms with Crippen LogP contribution < -0.4 is 11.5 Å². The molecule has 236 valence electrons. The number of nitrogen functional groups attached to an aromatic ring is 2. The fraction of sp³-hybridized carbons (Fsp3) is 0.500. The van der Waals surface area contributed by atoms with Gasteiger partial charge in [-0.15, -0.1) is 0 Å². The highest BCUT2D eigenvalue weighted by Gasteiger charge is 2.54. The lowest BCUT2D eigenvalue weighted by molar-refractivity contribution is -0.0563. The number of aromatic nitrogens is 8. The monoisotopic (exact) mass is 694 g/mol. The summed E-state index contributed by atoms with van der Waals surface area (Å²) in [4.78, 5) is 24.2. The van der Waals surface area contributed by atoms with E-state index >= 15 is 8.78 Å². The average Bonchev–Trinajstić information content (AvgIpc) is 3.73. The third-order valence-corrected chi connectivity index (χ3v) is 10.4. The van der Waals surface area contributed by atoms with Crippen molar-refractivity contribution in [3.63, 3.8) is 0 Å². The van der Waals surface area contributed by atoms with Crippen molar-refractivity contribution >= 4 is 72.1 Å². The van der Waals surface area contributed by atoms with E-state index in [2.05, 4.69) is 54.4 Å². The predicted molar refractivity (Wildman–Crippen MR) is 152 cm³/mol. The van der Waals surface area contributed by atoms with Crippen LogP contribution in [0.15, 0.2) is 25.3 Å². The van der Waals surface area contributed by atoms with Crippen molar-refractivity contribution in [2.24, 2.45) is 0 Å². The van der Waals surface area contributed by atoms with Gasteiger partial charge in [0.1, 0.15) is 48.1 Å². The Kier molecular flexibility index (Phi) is 7.59. The lowest BCUT2D eigenvalue weighted by atomic mass is 10.1. The molecule has 7 rings (SSSR count). The molecule has 4 N–H and O–H groups in total. The first-order valence-corrected chi connectivity index (χ1v) is 18.1. The Hall–Kier alpha value is -2.52. The summed E-state index contributed by atoms with van der Waals surface area (Å²) in [6.07, 6.45) is -8.18. The van der Waals surface area contributed by atoms with Crippen molar-refractivity contribution in [2.75, 3.05) is 24.7 Å². The smallest absolute Gasteiger partial charge is 0.382 e. The lowest BCUT2D eigenvalue weighted by Gasteiger charge is -2.26. The van der Waals surface area contributed by atoms with Gasteiger partial charge in [-0.05, 0) is 0 Å². The fourth-order valence-corrected chi connectivity index (χ4v) is 8.09. The zero-order valence-electron chi connectivity index (χ0n) is 21.9. The number of hydrogen-bond acceptors (Lipinski definition) is 16. The van der Waals surface area contributed by atoms with Crippen LogP contribution in [0.25, 0.3) is 22.3 Å². The van der Waals surface area contributed by atoms with Gasteiger partial charge >= 0.3 is 13.6 Å². The number of imidazole rings is 2. The van der Waals surface area contributed by atoms with Crippen LogP contribution in [-0.4, -0.2) is 89.0 Å². The molecule has 7 heterocycles. The van der Waals surface area contributed by atoms with Crippen molar-refractivity contribution in [1.82, 2.24) is 39.0 Å². The quantitative estimate of drug-likeness (QED) is 0.174. The number of nitrogens with two attached hydrogens (primary N) is 2. The summed E-state index contributed by atoms with van der Waals surface area (Å²) < 4.78 is 94.5. The Morgan fingerprint density at radius 2 is 1.23 bits per heavy atom. The summed E-state index contributed by atoms with van der Waals surface area (Å²) in [6, 6.07) is 0. The van der Waals surface area contributed by atoms with Crippen molar-refractivity contribution in [1.29, 1.82) is 0 Å². The molecule has 3 aliphatic heterocycles. The molecule has 0 spiro atoms. The first-order chi connectivity index (χ1) is 20.9. The number of anilines is 2. The van der Waals surface area contributed by atoms with Crippen LogP contribution in [0.3, 0.4) is 0 Å². The summed E-state index contributed by atoms with van der Waals surface area (Å²) in [5.41, 5.74) is 12.4. The Bertz CT molecular complexity index is 1840. The van der Waals surface area contributed by atoms with Crippen molar-refractivity contribution in [2.45, 2.75) is 49.2 Å². The van der Waals surface area contributed by atoms with Gasteiger partial charge in [-0.25, -0.2) is 47.8 Å². The predicted octanol–water partition coefficient (Wildman–Crippen LogP) is 2.19. The molecule has 3 fully saturated rings. The Morgan fingerprint density at radius 1 is 0.727 bits per heavy atom. The highest BCUT2D eigenvalue weighted by molar-refractivity contribution is 8.44. The summed E-state index contributed by atoms with van der Waals surface area (Å²) in [5.74, 6) is 0.0984. The zero-order chi connectivity index (χ0) is 31.0. The zero-order valence-corrected chi connectivity index (χ0v) is 25.5. The van der Waals surface area contributed by atoms with Gasteiger partial charge in [-0.2, -0.15) is 0 Å². The second-order valence-corrected chi connectivity index (χ2v) is 15.6. The second-order valence-electron chi connectivity index (χ2n) is 9.85. The maximum atomic E-state index is 16.0. The van der Waals surface area contributed by atoms with Crippen molar-refractivity contribution in [3.8, 4) is 0 Å². The Labute approximate surface area is 255 Å². The summed E-state index contributed by atoms with van der Waals surface area (Å²) in [5, 5.41) is 0. The molecule has 3 saturated heterocycles. The minimum absolute atomic E-state index is 0.0478. The number of nitrogens with zero attached hydrogens (tertiary/aromatic N) is 8. The molecule has 0 saturated carbocycles. The number of rotatable bonds is 2. The molecule has 10 atom stereocenters. The number of alkyl halides is 2. The van der Waals surface area contributed by atoms with Gasteiger partial charge in [0.2, 0.25) is 0 Å². The fourth-order valence-electron chi connectivity index (χ4n) is 5.16. The first kappa shape index (κ1) is 30.2. The van der Waals surface area contributed by atoms with Gasteiger partial charge in [0.05, 0.1) is 25.9 Å². The van der Waals surface area contributed by atoms with Gasteiger partial charge in [-0.1, -0.05) is 24.5 Å². The number of ether oxygens (including phenoxy) is 2. The van der Waals surface area contributed by atoms with Gasteiger partial charge in [-0.3, -0.25) is 27.2 Å². The molecular formula is C20H22F2N10O8P2S2. The second kappa shape index (κ2) is 11.1. The lowest BCUT2D eigenvalue weighted by Crippen LogP contribution is -2.33. The van der Waals surface area contributed by atoms with E-state index in [-0.39, 0.29) is 34.0 Å². The van der Waals surface area contributed by atoms with E-state index < -0.39 is 76.0 Å². The van der Waals surface area contributed by atoms with Gasteiger partial charge in [0.15, 0.2) is 47.7 Å². The standard InChI is InChI=1S/C20H22F2N10O8P2S2/c21-9-7-1-35-41(33,43)39-13-8(38-19(10(13)22)31-5-29-11-15(23)25-3-27-17(11)31)2-36-42(34,44)40-14(9)20(37-7)32-6-30-12-16(24)26-4-28-18(12)32/h3-10,13-14,19-20H,1-2H2,(H,33,43)(H,34,44)(H2,23,25,27)(H2,24,26,28)/t7-,8?,9-,10-,13-,14-,19-,20-,41+,42+/m1/s1. The van der Waals surface area contributed by atoms with E-state index in [1.54, 1.807) is 0 Å². The van der Waals surface area contributed by atoms with E-state index in [4.69, 9.17) is 39.0 Å². The van der Waals surface area contributed by atoms with E-state index in [1.165, 1.54) is 28.1 Å².